The molecule has 2 aromatic rings. The van der Waals surface area contributed by atoms with Gasteiger partial charge < -0.3 is 14.8 Å². The smallest absolute Gasteiger partial charge is 0.224 e. The van der Waals surface area contributed by atoms with E-state index in [1.807, 2.05) is 24.5 Å². The van der Waals surface area contributed by atoms with Gasteiger partial charge in [0.25, 0.3) is 0 Å². The van der Waals surface area contributed by atoms with Gasteiger partial charge in [0, 0.05) is 32.6 Å². The first-order valence-corrected chi connectivity index (χ1v) is 8.64. The summed E-state index contributed by atoms with van der Waals surface area (Å²) in [7, 11) is 0. The van der Waals surface area contributed by atoms with E-state index in [4.69, 9.17) is 0 Å². The molecule has 2 aliphatic heterocycles. The molecular formula is C18H24N4O. The molecule has 0 radical (unpaired) electrons. The maximum atomic E-state index is 12.5. The Morgan fingerprint density at radius 2 is 2.04 bits per heavy atom. The number of para-hydroxylation sites is 2. The lowest BCUT2D eigenvalue weighted by Gasteiger charge is -2.39. The highest BCUT2D eigenvalue weighted by Gasteiger charge is 2.37. The summed E-state index contributed by atoms with van der Waals surface area (Å²) in [6.07, 6.45) is 5.98. The molecule has 2 fully saturated rings. The molecule has 5 heteroatoms. The van der Waals surface area contributed by atoms with E-state index in [-0.39, 0.29) is 5.91 Å². The molecular weight excluding hydrogens is 288 g/mol. The third kappa shape index (κ3) is 2.85. The van der Waals surface area contributed by atoms with Gasteiger partial charge in [-0.2, -0.15) is 0 Å². The molecule has 0 atom stereocenters. The quantitative estimate of drug-likeness (QED) is 0.943. The number of benzene rings is 1. The summed E-state index contributed by atoms with van der Waals surface area (Å²) >= 11 is 0. The van der Waals surface area contributed by atoms with Crippen LogP contribution in [0.3, 0.4) is 0 Å². The number of likely N-dealkylation sites (tertiary alicyclic amines) is 1. The normalized spacial score (nSPS) is 20.4. The van der Waals surface area contributed by atoms with Crippen LogP contribution in [0.5, 0.6) is 0 Å². The summed E-state index contributed by atoms with van der Waals surface area (Å²) in [5.74, 6) is 0.281. The second kappa shape index (κ2) is 5.96. The van der Waals surface area contributed by atoms with Gasteiger partial charge in [-0.1, -0.05) is 12.1 Å². The average molecular weight is 312 g/mol. The molecule has 2 aliphatic rings. The zero-order valence-corrected chi connectivity index (χ0v) is 13.5. The molecule has 5 nitrogen and oxygen atoms in total. The van der Waals surface area contributed by atoms with E-state index < -0.39 is 0 Å². The molecule has 3 heterocycles. The number of fused-ring (bicyclic) bond motifs is 1. The van der Waals surface area contributed by atoms with Crippen LogP contribution >= 0.6 is 0 Å². The van der Waals surface area contributed by atoms with Crippen molar-refractivity contribution in [2.75, 3.05) is 26.2 Å². The molecule has 4 rings (SSSR count). The highest BCUT2D eigenvalue weighted by molar-refractivity contribution is 5.77. The Bertz CT molecular complexity index is 692. The highest BCUT2D eigenvalue weighted by atomic mass is 16.2. The zero-order chi connectivity index (χ0) is 15.7. The van der Waals surface area contributed by atoms with Crippen LogP contribution in [0.2, 0.25) is 0 Å². The Kier molecular flexibility index (Phi) is 3.81. The van der Waals surface area contributed by atoms with Crippen LogP contribution in [0.4, 0.5) is 0 Å². The van der Waals surface area contributed by atoms with Crippen molar-refractivity contribution in [1.29, 1.82) is 0 Å². The van der Waals surface area contributed by atoms with E-state index in [1.54, 1.807) is 0 Å². The van der Waals surface area contributed by atoms with Crippen molar-refractivity contribution in [3.8, 4) is 0 Å². The van der Waals surface area contributed by atoms with Gasteiger partial charge in [0.05, 0.1) is 17.4 Å². The zero-order valence-electron chi connectivity index (χ0n) is 13.5. The van der Waals surface area contributed by atoms with Crippen molar-refractivity contribution in [2.24, 2.45) is 5.41 Å². The Morgan fingerprint density at radius 1 is 1.22 bits per heavy atom. The minimum absolute atomic E-state index is 0.281. The molecule has 1 N–H and O–H groups in total. The first kappa shape index (κ1) is 14.7. The fourth-order valence-corrected chi connectivity index (χ4v) is 4.02. The van der Waals surface area contributed by atoms with E-state index in [0.717, 1.165) is 50.1 Å². The highest BCUT2D eigenvalue weighted by Crippen LogP contribution is 2.36. The maximum Gasteiger partial charge on any atom is 0.224 e. The molecule has 23 heavy (non-hydrogen) atoms. The predicted molar refractivity (Wildman–Crippen MR) is 90.1 cm³/mol. The number of piperidine rings is 1. The van der Waals surface area contributed by atoms with Crippen molar-refractivity contribution >= 4 is 16.9 Å². The van der Waals surface area contributed by atoms with E-state index in [2.05, 4.69) is 25.8 Å². The molecule has 0 bridgehead atoms. The molecule has 1 amide bonds. The number of aryl methyl sites for hydroxylation is 1. The Balaban J connectivity index is 1.34. The minimum Gasteiger partial charge on any atom is -0.343 e. The summed E-state index contributed by atoms with van der Waals surface area (Å²) in [4.78, 5) is 19.0. The van der Waals surface area contributed by atoms with Crippen LogP contribution in [-0.4, -0.2) is 46.5 Å². The van der Waals surface area contributed by atoms with Gasteiger partial charge in [-0.3, -0.25) is 4.79 Å². The van der Waals surface area contributed by atoms with Crippen LogP contribution in [0.25, 0.3) is 11.0 Å². The average Bonchev–Trinajstić information content (AvgIpc) is 3.21. The van der Waals surface area contributed by atoms with Crippen molar-refractivity contribution in [2.45, 2.75) is 32.2 Å². The lowest BCUT2D eigenvalue weighted by Crippen LogP contribution is -2.44. The lowest BCUT2D eigenvalue weighted by atomic mass is 9.78. The number of carbonyl (C=O) groups excluding carboxylic acids is 1. The van der Waals surface area contributed by atoms with Gasteiger partial charge in [-0.25, -0.2) is 4.98 Å². The second-order valence-electron chi connectivity index (χ2n) is 6.98. The topological polar surface area (TPSA) is 50.2 Å². The number of nitrogens with one attached hydrogen (secondary N) is 1. The fourth-order valence-electron chi connectivity index (χ4n) is 4.02. The number of carbonyl (C=O) groups is 1. The summed E-state index contributed by atoms with van der Waals surface area (Å²) in [6.45, 7) is 4.83. The van der Waals surface area contributed by atoms with E-state index in [9.17, 15) is 4.79 Å². The van der Waals surface area contributed by atoms with Crippen molar-refractivity contribution < 1.29 is 4.79 Å². The SMILES string of the molecule is O=C(CCn1cnc2ccccc21)N1CCC2(CCNC2)CC1. The maximum absolute atomic E-state index is 12.5. The van der Waals surface area contributed by atoms with Crippen LogP contribution in [-0.2, 0) is 11.3 Å². The molecule has 1 aromatic carbocycles. The Labute approximate surface area is 136 Å². The van der Waals surface area contributed by atoms with Crippen LogP contribution in [0.15, 0.2) is 30.6 Å². The van der Waals surface area contributed by atoms with E-state index in [1.165, 1.54) is 6.42 Å². The molecule has 0 aliphatic carbocycles. The van der Waals surface area contributed by atoms with Crippen molar-refractivity contribution in [3.63, 3.8) is 0 Å². The Morgan fingerprint density at radius 3 is 2.83 bits per heavy atom. The number of hydrogen-bond donors (Lipinski definition) is 1. The standard InChI is InChI=1S/C18H24N4O/c23-17(21-11-7-18(8-12-21)6-9-19-13-18)5-10-22-14-20-15-3-1-2-4-16(15)22/h1-4,14,19H,5-13H2. The molecule has 0 unspecified atom stereocenters. The molecule has 1 aromatic heterocycles. The van der Waals surface area contributed by atoms with Gasteiger partial charge in [0.15, 0.2) is 0 Å². The van der Waals surface area contributed by atoms with Gasteiger partial charge in [0.1, 0.15) is 0 Å². The van der Waals surface area contributed by atoms with Crippen LogP contribution in [0, 0.1) is 5.41 Å². The number of rotatable bonds is 3. The van der Waals surface area contributed by atoms with E-state index >= 15 is 0 Å². The monoisotopic (exact) mass is 312 g/mol. The van der Waals surface area contributed by atoms with Gasteiger partial charge in [-0.15, -0.1) is 0 Å². The van der Waals surface area contributed by atoms with Gasteiger partial charge >= 0.3 is 0 Å². The molecule has 1 spiro atoms. The summed E-state index contributed by atoms with van der Waals surface area (Å²) < 4.78 is 2.08. The predicted octanol–water partition coefficient (Wildman–Crippen LogP) is 2.03. The summed E-state index contributed by atoms with van der Waals surface area (Å²) in [6, 6.07) is 8.08. The van der Waals surface area contributed by atoms with Gasteiger partial charge in [-0.05, 0) is 43.4 Å². The number of imidazole rings is 1. The lowest BCUT2D eigenvalue weighted by molar-refractivity contribution is -0.133. The molecule has 2 saturated heterocycles. The van der Waals surface area contributed by atoms with Crippen molar-refractivity contribution in [3.05, 3.63) is 30.6 Å². The Hall–Kier alpha value is -1.88. The van der Waals surface area contributed by atoms with Crippen LogP contribution in [0.1, 0.15) is 25.7 Å². The molecule has 122 valence electrons. The summed E-state index contributed by atoms with van der Waals surface area (Å²) in [5, 5.41) is 3.47. The van der Waals surface area contributed by atoms with E-state index in [0.29, 0.717) is 18.4 Å². The fraction of sp³-hybridized carbons (Fsp3) is 0.556. The number of aromatic nitrogens is 2. The number of nitrogens with zero attached hydrogens (tertiary/aromatic N) is 3. The largest absolute Gasteiger partial charge is 0.343 e. The number of amides is 1. The first-order chi connectivity index (χ1) is 11.3. The first-order valence-electron chi connectivity index (χ1n) is 8.64. The number of hydrogen-bond acceptors (Lipinski definition) is 3. The minimum atomic E-state index is 0.281. The summed E-state index contributed by atoms with van der Waals surface area (Å²) in [5.41, 5.74) is 2.57. The van der Waals surface area contributed by atoms with Crippen molar-refractivity contribution in [1.82, 2.24) is 19.8 Å². The van der Waals surface area contributed by atoms with Crippen LogP contribution < -0.4 is 5.32 Å². The molecule has 0 saturated carbocycles. The third-order valence-corrected chi connectivity index (χ3v) is 5.60. The second-order valence-corrected chi connectivity index (χ2v) is 6.98. The van der Waals surface area contributed by atoms with Gasteiger partial charge in [0.2, 0.25) is 5.91 Å². The third-order valence-electron chi connectivity index (χ3n) is 5.60.